The standard InChI is InChI=1S/C15H18N4O3S2/c1-10-7-11(2)19-15(18-10)23-9-14(20)17-8-12-3-5-13(6-4-12)24(16,21)22/h3-7H,8-9H2,1-2H3,(H,17,20)(H2,16,21,22). The van der Waals surface area contributed by atoms with Gasteiger partial charge in [0.2, 0.25) is 15.9 Å². The number of carbonyl (C=O) groups is 1. The van der Waals surface area contributed by atoms with Gasteiger partial charge in [0, 0.05) is 17.9 Å². The topological polar surface area (TPSA) is 115 Å². The zero-order chi connectivity index (χ0) is 17.7. The number of benzene rings is 1. The number of primary sulfonamides is 1. The van der Waals surface area contributed by atoms with Gasteiger partial charge in [0.15, 0.2) is 5.16 Å². The lowest BCUT2D eigenvalue weighted by molar-refractivity contribution is -0.118. The van der Waals surface area contributed by atoms with Crippen LogP contribution in [-0.4, -0.2) is 30.0 Å². The minimum atomic E-state index is -3.70. The molecule has 0 aliphatic carbocycles. The van der Waals surface area contributed by atoms with Crippen LogP contribution in [-0.2, 0) is 21.4 Å². The number of thioether (sulfide) groups is 1. The molecule has 0 bridgehead atoms. The molecule has 128 valence electrons. The predicted octanol–water partition coefficient (Wildman–Crippen LogP) is 1.15. The fourth-order valence-corrected chi connectivity index (χ4v) is 3.23. The van der Waals surface area contributed by atoms with E-state index in [1.807, 2.05) is 19.9 Å². The summed E-state index contributed by atoms with van der Waals surface area (Å²) < 4.78 is 22.3. The van der Waals surface area contributed by atoms with Crippen molar-refractivity contribution < 1.29 is 13.2 Å². The van der Waals surface area contributed by atoms with Crippen molar-refractivity contribution in [1.82, 2.24) is 15.3 Å². The lowest BCUT2D eigenvalue weighted by Gasteiger charge is -2.06. The molecule has 0 fully saturated rings. The average Bonchev–Trinajstić information content (AvgIpc) is 2.49. The van der Waals surface area contributed by atoms with E-state index in [9.17, 15) is 13.2 Å². The van der Waals surface area contributed by atoms with Gasteiger partial charge in [-0.2, -0.15) is 0 Å². The van der Waals surface area contributed by atoms with E-state index in [1.54, 1.807) is 12.1 Å². The Kier molecular flexibility index (Phi) is 5.92. The first-order valence-electron chi connectivity index (χ1n) is 7.07. The van der Waals surface area contributed by atoms with E-state index in [4.69, 9.17) is 5.14 Å². The second kappa shape index (κ2) is 7.73. The number of hydrogen-bond donors (Lipinski definition) is 2. The molecule has 1 amide bonds. The van der Waals surface area contributed by atoms with Gasteiger partial charge in [-0.3, -0.25) is 4.79 Å². The maximum absolute atomic E-state index is 11.9. The highest BCUT2D eigenvalue weighted by Crippen LogP contribution is 2.14. The van der Waals surface area contributed by atoms with Crippen LogP contribution in [0.4, 0.5) is 0 Å². The Morgan fingerprint density at radius 1 is 1.17 bits per heavy atom. The van der Waals surface area contributed by atoms with Crippen molar-refractivity contribution in [3.63, 3.8) is 0 Å². The van der Waals surface area contributed by atoms with Crippen LogP contribution in [0.5, 0.6) is 0 Å². The average molecular weight is 366 g/mol. The van der Waals surface area contributed by atoms with Crippen LogP contribution in [0, 0.1) is 13.8 Å². The minimum Gasteiger partial charge on any atom is -0.351 e. The van der Waals surface area contributed by atoms with Crippen molar-refractivity contribution in [2.24, 2.45) is 5.14 Å². The van der Waals surface area contributed by atoms with E-state index in [0.29, 0.717) is 11.7 Å². The van der Waals surface area contributed by atoms with Crippen LogP contribution < -0.4 is 10.5 Å². The molecule has 2 aromatic rings. The van der Waals surface area contributed by atoms with Crippen molar-refractivity contribution >= 4 is 27.7 Å². The lowest BCUT2D eigenvalue weighted by Crippen LogP contribution is -2.24. The summed E-state index contributed by atoms with van der Waals surface area (Å²) in [6, 6.07) is 7.92. The van der Waals surface area contributed by atoms with Crippen molar-refractivity contribution in [1.29, 1.82) is 0 Å². The summed E-state index contributed by atoms with van der Waals surface area (Å²) >= 11 is 1.27. The first-order chi connectivity index (χ1) is 11.2. The van der Waals surface area contributed by atoms with Crippen LogP contribution in [0.1, 0.15) is 17.0 Å². The van der Waals surface area contributed by atoms with Gasteiger partial charge < -0.3 is 5.32 Å². The molecule has 0 spiro atoms. The van der Waals surface area contributed by atoms with Crippen LogP contribution in [0.25, 0.3) is 0 Å². The Balaban J connectivity index is 1.85. The number of nitrogens with zero attached hydrogens (tertiary/aromatic N) is 2. The van der Waals surface area contributed by atoms with E-state index >= 15 is 0 Å². The third-order valence-electron chi connectivity index (χ3n) is 3.04. The van der Waals surface area contributed by atoms with Crippen LogP contribution in [0.3, 0.4) is 0 Å². The van der Waals surface area contributed by atoms with E-state index in [0.717, 1.165) is 17.0 Å². The number of aryl methyl sites for hydroxylation is 2. The van der Waals surface area contributed by atoms with Crippen molar-refractivity contribution in [3.05, 3.63) is 47.3 Å². The maximum Gasteiger partial charge on any atom is 0.238 e. The Labute approximate surface area is 145 Å². The van der Waals surface area contributed by atoms with Gasteiger partial charge in [-0.25, -0.2) is 23.5 Å². The molecule has 0 unspecified atom stereocenters. The van der Waals surface area contributed by atoms with E-state index < -0.39 is 10.0 Å². The monoisotopic (exact) mass is 366 g/mol. The number of aromatic nitrogens is 2. The van der Waals surface area contributed by atoms with E-state index in [-0.39, 0.29) is 16.6 Å². The van der Waals surface area contributed by atoms with Crippen LogP contribution in [0.2, 0.25) is 0 Å². The summed E-state index contributed by atoms with van der Waals surface area (Å²) in [4.78, 5) is 20.4. The second-order valence-corrected chi connectivity index (χ2v) is 7.69. The summed E-state index contributed by atoms with van der Waals surface area (Å²) in [5.41, 5.74) is 2.50. The molecule has 3 N–H and O–H groups in total. The summed E-state index contributed by atoms with van der Waals surface area (Å²) in [5.74, 6) is 0.0521. The van der Waals surface area contributed by atoms with Crippen LogP contribution in [0.15, 0.2) is 40.4 Å². The maximum atomic E-state index is 11.9. The predicted molar refractivity (Wildman–Crippen MR) is 91.9 cm³/mol. The Morgan fingerprint density at radius 3 is 2.29 bits per heavy atom. The molecule has 0 saturated heterocycles. The Morgan fingerprint density at radius 2 is 1.75 bits per heavy atom. The largest absolute Gasteiger partial charge is 0.351 e. The SMILES string of the molecule is Cc1cc(C)nc(SCC(=O)NCc2ccc(S(N)(=O)=O)cc2)n1. The number of nitrogens with two attached hydrogens (primary N) is 1. The third kappa shape index (κ3) is 5.59. The zero-order valence-corrected chi connectivity index (χ0v) is 14.9. The Hall–Kier alpha value is -1.97. The quantitative estimate of drug-likeness (QED) is 0.585. The molecule has 1 aromatic carbocycles. The first-order valence-corrected chi connectivity index (χ1v) is 9.61. The summed E-state index contributed by atoms with van der Waals surface area (Å²) in [5, 5.41) is 8.36. The van der Waals surface area contributed by atoms with E-state index in [1.165, 1.54) is 23.9 Å². The van der Waals surface area contributed by atoms with Crippen molar-refractivity contribution in [3.8, 4) is 0 Å². The first kappa shape index (κ1) is 18.4. The van der Waals surface area contributed by atoms with Crippen molar-refractivity contribution in [2.45, 2.75) is 30.4 Å². The Bertz CT molecular complexity index is 816. The van der Waals surface area contributed by atoms with Gasteiger partial charge >= 0.3 is 0 Å². The van der Waals surface area contributed by atoms with E-state index in [2.05, 4.69) is 15.3 Å². The smallest absolute Gasteiger partial charge is 0.238 e. The molecule has 2 rings (SSSR count). The summed E-state index contributed by atoms with van der Waals surface area (Å²) in [6.07, 6.45) is 0. The molecular formula is C15H18N4O3S2. The normalized spacial score (nSPS) is 11.3. The van der Waals surface area contributed by atoms with Gasteiger partial charge in [0.1, 0.15) is 0 Å². The second-order valence-electron chi connectivity index (χ2n) is 5.19. The highest BCUT2D eigenvalue weighted by atomic mass is 32.2. The fraction of sp³-hybridized carbons (Fsp3) is 0.267. The molecule has 1 aromatic heterocycles. The number of nitrogens with one attached hydrogen (secondary N) is 1. The third-order valence-corrected chi connectivity index (χ3v) is 4.81. The number of rotatable bonds is 6. The minimum absolute atomic E-state index is 0.0418. The van der Waals surface area contributed by atoms with Gasteiger partial charge in [-0.05, 0) is 37.6 Å². The molecule has 0 aliphatic heterocycles. The number of amides is 1. The van der Waals surface area contributed by atoms with Gasteiger partial charge in [0.25, 0.3) is 0 Å². The molecule has 0 atom stereocenters. The highest BCUT2D eigenvalue weighted by Gasteiger charge is 2.08. The summed E-state index contributed by atoms with van der Waals surface area (Å²) in [6.45, 7) is 4.06. The fourth-order valence-electron chi connectivity index (χ4n) is 1.94. The van der Waals surface area contributed by atoms with Crippen LogP contribution >= 0.6 is 11.8 Å². The van der Waals surface area contributed by atoms with Gasteiger partial charge in [0.05, 0.1) is 10.6 Å². The summed E-state index contributed by atoms with van der Waals surface area (Å²) in [7, 11) is -3.70. The van der Waals surface area contributed by atoms with Gasteiger partial charge in [-0.1, -0.05) is 23.9 Å². The molecule has 0 saturated carbocycles. The molecule has 24 heavy (non-hydrogen) atoms. The molecule has 0 aliphatic rings. The zero-order valence-electron chi connectivity index (χ0n) is 13.3. The molecule has 0 radical (unpaired) electrons. The van der Waals surface area contributed by atoms with Crippen molar-refractivity contribution in [2.75, 3.05) is 5.75 Å². The molecule has 1 heterocycles. The molecule has 7 nitrogen and oxygen atoms in total. The number of hydrogen-bond acceptors (Lipinski definition) is 6. The molecule has 9 heteroatoms. The number of carbonyl (C=O) groups excluding carboxylic acids is 1. The number of sulfonamides is 1. The lowest BCUT2D eigenvalue weighted by atomic mass is 10.2. The highest BCUT2D eigenvalue weighted by molar-refractivity contribution is 7.99. The van der Waals surface area contributed by atoms with Gasteiger partial charge in [-0.15, -0.1) is 0 Å². The molecular weight excluding hydrogens is 348 g/mol.